The second-order valence-corrected chi connectivity index (χ2v) is 6.57. The number of nitrogens with one attached hydrogen (secondary N) is 1. The number of carbonyl (C=O) groups excluding carboxylic acids is 1. The molecule has 2 fully saturated rings. The van der Waals surface area contributed by atoms with Crippen molar-refractivity contribution in [2.45, 2.75) is 50.5 Å². The van der Waals surface area contributed by atoms with Crippen molar-refractivity contribution in [3.8, 4) is 0 Å². The molecule has 0 unspecified atom stereocenters. The minimum Gasteiger partial charge on any atom is -0.388 e. The molecular formula is C17H25N3O2. The molecule has 5 heteroatoms. The molecule has 1 aromatic rings. The Bertz CT molecular complexity index is 503. The zero-order chi connectivity index (χ0) is 15.4. The summed E-state index contributed by atoms with van der Waals surface area (Å²) in [5.74, 6) is 0.798. The maximum absolute atomic E-state index is 12.1. The first-order valence-electron chi connectivity index (χ1n) is 8.38. The molecule has 3 rings (SSSR count). The van der Waals surface area contributed by atoms with Gasteiger partial charge in [-0.3, -0.25) is 4.79 Å². The Balaban J connectivity index is 1.57. The van der Waals surface area contributed by atoms with Gasteiger partial charge in [0, 0.05) is 25.8 Å². The quantitative estimate of drug-likeness (QED) is 0.894. The fourth-order valence-electron chi connectivity index (χ4n) is 3.12. The number of amides is 1. The minimum atomic E-state index is -0.685. The molecule has 1 saturated carbocycles. The summed E-state index contributed by atoms with van der Waals surface area (Å²) in [6.45, 7) is 2.43. The zero-order valence-electron chi connectivity index (χ0n) is 13.1. The summed E-state index contributed by atoms with van der Waals surface area (Å²) < 4.78 is 0. The number of pyridine rings is 1. The predicted octanol–water partition coefficient (Wildman–Crippen LogP) is 2.11. The molecule has 2 heterocycles. The number of nitrogens with zero attached hydrogens (tertiary/aromatic N) is 2. The van der Waals surface area contributed by atoms with Gasteiger partial charge < -0.3 is 15.3 Å². The second kappa shape index (κ2) is 6.65. The molecule has 1 amide bonds. The first-order chi connectivity index (χ1) is 10.7. The van der Waals surface area contributed by atoms with Gasteiger partial charge in [-0.25, -0.2) is 4.98 Å². The summed E-state index contributed by atoms with van der Waals surface area (Å²) in [7, 11) is 0. The third-order valence-corrected chi connectivity index (χ3v) is 4.80. The molecule has 0 atom stereocenters. The van der Waals surface area contributed by atoms with Gasteiger partial charge in [-0.1, -0.05) is 12.8 Å². The molecular weight excluding hydrogens is 278 g/mol. The molecule has 2 N–H and O–H groups in total. The Morgan fingerprint density at radius 2 is 1.91 bits per heavy atom. The Morgan fingerprint density at radius 1 is 1.18 bits per heavy atom. The van der Waals surface area contributed by atoms with Crippen molar-refractivity contribution in [1.82, 2.24) is 10.3 Å². The van der Waals surface area contributed by atoms with Crippen LogP contribution in [-0.4, -0.2) is 41.2 Å². The lowest BCUT2D eigenvalue weighted by Gasteiger charge is -2.36. The minimum absolute atomic E-state index is 0.157. The van der Waals surface area contributed by atoms with Gasteiger partial charge in [0.2, 0.25) is 0 Å². The van der Waals surface area contributed by atoms with Gasteiger partial charge in [-0.15, -0.1) is 0 Å². The highest BCUT2D eigenvalue weighted by molar-refractivity contribution is 5.94. The summed E-state index contributed by atoms with van der Waals surface area (Å²) in [6, 6.07) is 3.76. The lowest BCUT2D eigenvalue weighted by Crippen LogP contribution is -2.47. The van der Waals surface area contributed by atoms with E-state index in [0.717, 1.165) is 38.2 Å². The highest BCUT2D eigenvalue weighted by Crippen LogP contribution is 2.30. The average molecular weight is 303 g/mol. The molecule has 1 aliphatic heterocycles. The zero-order valence-corrected chi connectivity index (χ0v) is 13.1. The molecule has 120 valence electrons. The van der Waals surface area contributed by atoms with Crippen LogP contribution in [0.4, 0.5) is 5.82 Å². The van der Waals surface area contributed by atoms with E-state index in [9.17, 15) is 9.90 Å². The van der Waals surface area contributed by atoms with E-state index in [1.54, 1.807) is 6.20 Å². The van der Waals surface area contributed by atoms with E-state index in [4.69, 9.17) is 0 Å². The van der Waals surface area contributed by atoms with Crippen molar-refractivity contribution in [3.63, 3.8) is 0 Å². The summed E-state index contributed by atoms with van der Waals surface area (Å²) >= 11 is 0. The van der Waals surface area contributed by atoms with Crippen LogP contribution in [0.25, 0.3) is 0 Å². The SMILES string of the molecule is O=C(NCC1(O)CCC1)c1ccc(N2CCCCCC2)nc1. The van der Waals surface area contributed by atoms with E-state index in [2.05, 4.69) is 15.2 Å². The molecule has 0 aromatic carbocycles. The topological polar surface area (TPSA) is 65.5 Å². The van der Waals surface area contributed by atoms with Gasteiger partial charge in [-0.2, -0.15) is 0 Å². The van der Waals surface area contributed by atoms with E-state index >= 15 is 0 Å². The second-order valence-electron chi connectivity index (χ2n) is 6.57. The van der Waals surface area contributed by atoms with Crippen molar-refractivity contribution in [3.05, 3.63) is 23.9 Å². The van der Waals surface area contributed by atoms with Gasteiger partial charge >= 0.3 is 0 Å². The van der Waals surface area contributed by atoms with Crippen molar-refractivity contribution >= 4 is 11.7 Å². The van der Waals surface area contributed by atoms with Gasteiger partial charge in [0.25, 0.3) is 5.91 Å². The van der Waals surface area contributed by atoms with Crippen LogP contribution >= 0.6 is 0 Å². The summed E-state index contributed by atoms with van der Waals surface area (Å²) in [4.78, 5) is 18.8. The van der Waals surface area contributed by atoms with Crippen LogP contribution in [-0.2, 0) is 0 Å². The Morgan fingerprint density at radius 3 is 2.45 bits per heavy atom. The van der Waals surface area contributed by atoms with Crippen LogP contribution in [0.5, 0.6) is 0 Å². The number of hydrogen-bond acceptors (Lipinski definition) is 4. The monoisotopic (exact) mass is 303 g/mol. The molecule has 2 aliphatic rings. The molecule has 22 heavy (non-hydrogen) atoms. The number of aromatic nitrogens is 1. The third-order valence-electron chi connectivity index (χ3n) is 4.80. The molecule has 1 aromatic heterocycles. The Hall–Kier alpha value is -1.62. The van der Waals surface area contributed by atoms with Crippen LogP contribution in [0.3, 0.4) is 0 Å². The molecule has 5 nitrogen and oxygen atoms in total. The van der Waals surface area contributed by atoms with Crippen LogP contribution in [0.2, 0.25) is 0 Å². The normalized spacial score (nSPS) is 20.9. The fraction of sp³-hybridized carbons (Fsp3) is 0.647. The Kier molecular flexibility index (Phi) is 4.62. The van der Waals surface area contributed by atoms with E-state index in [0.29, 0.717) is 12.1 Å². The first kappa shape index (κ1) is 15.3. The standard InChI is InChI=1S/C17H25N3O2/c21-16(19-13-17(22)8-5-9-17)14-6-7-15(18-12-14)20-10-3-1-2-4-11-20/h6-7,12,22H,1-5,8-11,13H2,(H,19,21). The largest absolute Gasteiger partial charge is 0.388 e. The molecule has 1 saturated heterocycles. The predicted molar refractivity (Wildman–Crippen MR) is 86.1 cm³/mol. The highest BCUT2D eigenvalue weighted by atomic mass is 16.3. The van der Waals surface area contributed by atoms with E-state index in [-0.39, 0.29) is 5.91 Å². The smallest absolute Gasteiger partial charge is 0.252 e. The van der Waals surface area contributed by atoms with Crippen LogP contribution in [0.15, 0.2) is 18.3 Å². The van der Waals surface area contributed by atoms with Crippen molar-refractivity contribution in [1.29, 1.82) is 0 Å². The third kappa shape index (κ3) is 3.58. The summed E-state index contributed by atoms with van der Waals surface area (Å²) in [5, 5.41) is 12.8. The number of hydrogen-bond donors (Lipinski definition) is 2. The lowest BCUT2D eigenvalue weighted by molar-refractivity contribution is -0.0300. The molecule has 1 aliphatic carbocycles. The van der Waals surface area contributed by atoms with Crippen molar-refractivity contribution in [2.75, 3.05) is 24.5 Å². The Labute approximate surface area is 131 Å². The maximum Gasteiger partial charge on any atom is 0.252 e. The van der Waals surface area contributed by atoms with Crippen molar-refractivity contribution in [2.24, 2.45) is 0 Å². The van der Waals surface area contributed by atoms with Gasteiger partial charge in [0.05, 0.1) is 11.2 Å². The van der Waals surface area contributed by atoms with Gasteiger partial charge in [0.15, 0.2) is 0 Å². The summed E-state index contributed by atoms with van der Waals surface area (Å²) in [5.41, 5.74) is -0.128. The fourth-order valence-corrected chi connectivity index (χ4v) is 3.12. The number of aliphatic hydroxyl groups is 1. The van der Waals surface area contributed by atoms with Crippen LogP contribution < -0.4 is 10.2 Å². The molecule has 0 bridgehead atoms. The maximum atomic E-state index is 12.1. The van der Waals surface area contributed by atoms with E-state index in [1.165, 1.54) is 25.7 Å². The van der Waals surface area contributed by atoms with E-state index < -0.39 is 5.60 Å². The highest BCUT2D eigenvalue weighted by Gasteiger charge is 2.34. The lowest BCUT2D eigenvalue weighted by atomic mass is 9.80. The number of carbonyl (C=O) groups is 1. The van der Waals surface area contributed by atoms with E-state index in [1.807, 2.05) is 12.1 Å². The summed E-state index contributed by atoms with van der Waals surface area (Å²) in [6.07, 6.45) is 9.24. The first-order valence-corrected chi connectivity index (χ1v) is 8.38. The average Bonchev–Trinajstić information content (AvgIpc) is 2.80. The molecule has 0 radical (unpaired) electrons. The number of anilines is 1. The van der Waals surface area contributed by atoms with Gasteiger partial charge in [-0.05, 0) is 44.2 Å². The van der Waals surface area contributed by atoms with Gasteiger partial charge in [0.1, 0.15) is 5.82 Å². The number of rotatable bonds is 4. The van der Waals surface area contributed by atoms with Crippen molar-refractivity contribution < 1.29 is 9.90 Å². The van der Waals surface area contributed by atoms with Crippen LogP contribution in [0, 0.1) is 0 Å². The van der Waals surface area contributed by atoms with Crippen LogP contribution in [0.1, 0.15) is 55.3 Å². The molecule has 0 spiro atoms.